The number of hydrogen-bond donors (Lipinski definition) is 3. The first kappa shape index (κ1) is 72.4. The molecule has 0 aliphatic carbocycles. The van der Waals surface area contributed by atoms with Crippen molar-refractivity contribution in [1.82, 2.24) is 0 Å². The van der Waals surface area contributed by atoms with Crippen LogP contribution in [-0.4, -0.2) is 89.2 Å². The second-order valence-corrected chi connectivity index (χ2v) is 20.6. The van der Waals surface area contributed by atoms with Gasteiger partial charge < -0.3 is 39.0 Å². The summed E-state index contributed by atoms with van der Waals surface area (Å²) in [5.74, 6) is -3.18. The number of ether oxygens (including phenoxy) is 5. The van der Waals surface area contributed by atoms with Gasteiger partial charge in [0.2, 0.25) is 0 Å². The standard InChI is InChI=1S/C67H108O12/c1-4-7-10-13-16-19-22-24-26-28-30-32-34-36-39-41-44-47-50-53-59(68)75-56-58(77-60(69)54-51-48-45-43-40-37-35-33-31-29-27-25-23-20-17-14-11-8-5-2)57-76-67-65(63(72)62(71)64(79-67)66(73)74)78-61(70)55-52-49-46-42-38-21-18-15-12-9-6-3/h7-8,10-11,15-20,24-27,30-33,58,62-65,67,71-72H,4-6,9,12-14,21-23,28-29,34-57H2,1-3H3,(H,73,74)/b10-7-,11-8-,18-15-,19-16-,20-17-,26-24-,27-25-,32-30-,33-31-. The second-order valence-electron chi connectivity index (χ2n) is 20.6. The molecule has 0 bridgehead atoms. The number of esters is 3. The smallest absolute Gasteiger partial charge is 0.335 e. The highest BCUT2D eigenvalue weighted by Gasteiger charge is 2.50. The van der Waals surface area contributed by atoms with Gasteiger partial charge in [-0.3, -0.25) is 14.4 Å². The van der Waals surface area contributed by atoms with E-state index in [1.54, 1.807) is 0 Å². The van der Waals surface area contributed by atoms with E-state index in [0.29, 0.717) is 19.3 Å². The number of aliphatic hydroxyl groups is 2. The molecule has 0 amide bonds. The predicted molar refractivity (Wildman–Crippen MR) is 321 cm³/mol. The molecule has 12 heteroatoms. The summed E-state index contributed by atoms with van der Waals surface area (Å²) in [6.07, 6.45) is 60.5. The van der Waals surface area contributed by atoms with Gasteiger partial charge in [0.1, 0.15) is 18.8 Å². The number of carbonyl (C=O) groups is 4. The van der Waals surface area contributed by atoms with E-state index in [-0.39, 0.29) is 25.9 Å². The summed E-state index contributed by atoms with van der Waals surface area (Å²) in [7, 11) is 0. The highest BCUT2D eigenvalue weighted by Crippen LogP contribution is 2.26. The van der Waals surface area contributed by atoms with E-state index in [4.69, 9.17) is 23.7 Å². The molecule has 12 nitrogen and oxygen atoms in total. The maximum absolute atomic E-state index is 13.2. The van der Waals surface area contributed by atoms with Gasteiger partial charge >= 0.3 is 23.9 Å². The van der Waals surface area contributed by atoms with Crippen LogP contribution < -0.4 is 0 Å². The molecule has 1 heterocycles. The Morgan fingerprint density at radius 1 is 0.430 bits per heavy atom. The lowest BCUT2D eigenvalue weighted by atomic mass is 9.98. The summed E-state index contributed by atoms with van der Waals surface area (Å²) in [6, 6.07) is 0. The summed E-state index contributed by atoms with van der Waals surface area (Å²) in [5, 5.41) is 31.5. The van der Waals surface area contributed by atoms with Crippen molar-refractivity contribution in [3.8, 4) is 0 Å². The second kappa shape index (κ2) is 54.0. The van der Waals surface area contributed by atoms with Crippen molar-refractivity contribution >= 4 is 23.9 Å². The van der Waals surface area contributed by atoms with Crippen molar-refractivity contribution in [3.05, 3.63) is 109 Å². The lowest BCUT2D eigenvalue weighted by molar-refractivity contribution is -0.301. The molecule has 448 valence electrons. The Hall–Kier alpha value is -4.62. The molecule has 6 unspecified atom stereocenters. The van der Waals surface area contributed by atoms with Gasteiger partial charge in [-0.25, -0.2) is 4.79 Å². The fourth-order valence-corrected chi connectivity index (χ4v) is 8.62. The van der Waals surface area contributed by atoms with Gasteiger partial charge in [-0.05, 0) is 116 Å². The van der Waals surface area contributed by atoms with Crippen molar-refractivity contribution in [3.63, 3.8) is 0 Å². The number of carboxylic acid groups (broad SMARTS) is 1. The van der Waals surface area contributed by atoms with Crippen LogP contribution in [-0.2, 0) is 42.9 Å². The van der Waals surface area contributed by atoms with E-state index in [1.807, 2.05) is 0 Å². The van der Waals surface area contributed by atoms with E-state index in [9.17, 15) is 34.5 Å². The van der Waals surface area contributed by atoms with Gasteiger partial charge in [-0.15, -0.1) is 0 Å². The quantitative estimate of drug-likeness (QED) is 0.0228. The predicted octanol–water partition coefficient (Wildman–Crippen LogP) is 16.2. The molecule has 79 heavy (non-hydrogen) atoms. The van der Waals surface area contributed by atoms with Crippen LogP contribution in [0.1, 0.15) is 239 Å². The largest absolute Gasteiger partial charge is 0.479 e. The molecule has 1 aliphatic rings. The monoisotopic (exact) mass is 1100 g/mol. The number of aliphatic hydroxyl groups excluding tert-OH is 2. The third-order valence-corrected chi connectivity index (χ3v) is 13.3. The van der Waals surface area contributed by atoms with Crippen molar-refractivity contribution in [2.75, 3.05) is 13.2 Å². The van der Waals surface area contributed by atoms with E-state index in [1.165, 1.54) is 12.8 Å². The molecule has 0 aromatic heterocycles. The Bertz CT molecular complexity index is 1790. The summed E-state index contributed by atoms with van der Waals surface area (Å²) in [4.78, 5) is 51.2. The van der Waals surface area contributed by atoms with E-state index in [0.717, 1.165) is 167 Å². The maximum atomic E-state index is 13.2. The van der Waals surface area contributed by atoms with Gasteiger partial charge in [0, 0.05) is 19.3 Å². The van der Waals surface area contributed by atoms with Crippen LogP contribution in [0.25, 0.3) is 0 Å². The van der Waals surface area contributed by atoms with Crippen LogP contribution in [0.2, 0.25) is 0 Å². The Morgan fingerprint density at radius 3 is 1.23 bits per heavy atom. The van der Waals surface area contributed by atoms with E-state index < -0.39 is 67.3 Å². The lowest BCUT2D eigenvalue weighted by Gasteiger charge is -2.40. The van der Waals surface area contributed by atoms with Crippen molar-refractivity contribution < 1.29 is 58.2 Å². The Morgan fingerprint density at radius 2 is 0.797 bits per heavy atom. The number of carboxylic acids is 1. The Balaban J connectivity index is 2.69. The van der Waals surface area contributed by atoms with Crippen molar-refractivity contribution in [2.24, 2.45) is 0 Å². The number of carbonyl (C=O) groups excluding carboxylic acids is 3. The molecule has 1 saturated heterocycles. The average molecular weight is 1110 g/mol. The zero-order valence-electron chi connectivity index (χ0n) is 49.3. The fourth-order valence-electron chi connectivity index (χ4n) is 8.62. The first-order chi connectivity index (χ1) is 38.6. The fraction of sp³-hybridized carbons (Fsp3) is 0.672. The number of hydrogen-bond acceptors (Lipinski definition) is 11. The minimum Gasteiger partial charge on any atom is -0.479 e. The summed E-state index contributed by atoms with van der Waals surface area (Å²) in [6.45, 7) is 5.69. The maximum Gasteiger partial charge on any atom is 0.335 e. The number of rotatable bonds is 51. The number of aliphatic carboxylic acids is 1. The molecule has 3 N–H and O–H groups in total. The van der Waals surface area contributed by atoms with Crippen LogP contribution in [0.15, 0.2) is 109 Å². The zero-order valence-corrected chi connectivity index (χ0v) is 49.3. The molecular formula is C67H108O12. The average Bonchev–Trinajstić information content (AvgIpc) is 3.47. The molecule has 0 aromatic carbocycles. The molecule has 0 aromatic rings. The highest BCUT2D eigenvalue weighted by molar-refractivity contribution is 5.74. The van der Waals surface area contributed by atoms with E-state index >= 15 is 0 Å². The van der Waals surface area contributed by atoms with Gasteiger partial charge in [0.15, 0.2) is 24.6 Å². The SMILES string of the molecule is CC/C=C\C/C=C\C/C=C\C/C=C\CCCCCCCCC(=O)OCC(COC1OC(C(=O)O)C(O)C(O)C1OC(=O)CCCCCCC/C=C\CCCC)OC(=O)CCCCCCCC/C=C\C/C=C\C/C=C\C/C=C\CC. The lowest BCUT2D eigenvalue weighted by Crippen LogP contribution is -2.61. The zero-order chi connectivity index (χ0) is 57.5. The Kier molecular flexibility index (Phi) is 49.5. The van der Waals surface area contributed by atoms with Crippen LogP contribution in [0.3, 0.4) is 0 Å². The van der Waals surface area contributed by atoms with Crippen LogP contribution in [0.4, 0.5) is 0 Å². The molecule has 0 saturated carbocycles. The molecule has 0 radical (unpaired) electrons. The molecule has 1 aliphatic heterocycles. The molecular weight excluding hydrogens is 997 g/mol. The third-order valence-electron chi connectivity index (χ3n) is 13.3. The van der Waals surface area contributed by atoms with Crippen LogP contribution >= 0.6 is 0 Å². The Labute approximate surface area is 478 Å². The molecule has 1 fully saturated rings. The number of allylic oxidation sites excluding steroid dienone is 18. The van der Waals surface area contributed by atoms with Crippen LogP contribution in [0, 0.1) is 0 Å². The minimum absolute atomic E-state index is 0.0419. The van der Waals surface area contributed by atoms with Gasteiger partial charge in [0.05, 0.1) is 6.61 Å². The summed E-state index contributed by atoms with van der Waals surface area (Å²) < 4.78 is 28.4. The molecule has 0 spiro atoms. The van der Waals surface area contributed by atoms with Gasteiger partial charge in [-0.2, -0.15) is 0 Å². The summed E-state index contributed by atoms with van der Waals surface area (Å²) >= 11 is 0. The van der Waals surface area contributed by atoms with Crippen molar-refractivity contribution in [2.45, 2.75) is 276 Å². The van der Waals surface area contributed by atoms with Crippen LogP contribution in [0.5, 0.6) is 0 Å². The topological polar surface area (TPSA) is 175 Å². The summed E-state index contributed by atoms with van der Waals surface area (Å²) in [5.41, 5.74) is 0. The molecule has 1 rings (SSSR count). The first-order valence-corrected chi connectivity index (χ1v) is 30.9. The highest BCUT2D eigenvalue weighted by atomic mass is 16.7. The first-order valence-electron chi connectivity index (χ1n) is 30.9. The van der Waals surface area contributed by atoms with E-state index in [2.05, 4.69) is 130 Å². The third kappa shape index (κ3) is 43.8. The van der Waals surface area contributed by atoms with Crippen molar-refractivity contribution in [1.29, 1.82) is 0 Å². The minimum atomic E-state index is -1.91. The number of unbranched alkanes of at least 4 members (excludes halogenated alkanes) is 19. The normalized spacial score (nSPS) is 18.6. The van der Waals surface area contributed by atoms with Gasteiger partial charge in [0.25, 0.3) is 0 Å². The molecule has 6 atom stereocenters. The van der Waals surface area contributed by atoms with Gasteiger partial charge in [-0.1, -0.05) is 214 Å².